The van der Waals surface area contributed by atoms with Gasteiger partial charge < -0.3 is 4.74 Å². The van der Waals surface area contributed by atoms with E-state index in [1.54, 1.807) is 18.2 Å². The Balaban J connectivity index is 2.44. The average molecular weight is 331 g/mol. The Hall–Kier alpha value is -4.51. The second-order valence-corrected chi connectivity index (χ2v) is 4.48. The molecule has 0 bridgehead atoms. The summed E-state index contributed by atoms with van der Waals surface area (Å²) in [5, 5.41) is 45.2. The van der Waals surface area contributed by atoms with Crippen LogP contribution in [0, 0.1) is 49.5 Å². The number of nitriles is 3. The molecular formula is C16H5N5O4. The molecular weight excluding hydrogens is 326 g/mol. The maximum Gasteiger partial charge on any atom is 0.346 e. The van der Waals surface area contributed by atoms with Gasteiger partial charge >= 0.3 is 5.97 Å². The molecule has 9 heteroatoms. The summed E-state index contributed by atoms with van der Waals surface area (Å²) in [5.74, 6) is 0.738. The van der Waals surface area contributed by atoms with Crippen LogP contribution in [0.1, 0.15) is 0 Å². The molecule has 0 fully saturated rings. The Morgan fingerprint density at radius 2 is 1.60 bits per heavy atom. The second-order valence-electron chi connectivity index (χ2n) is 4.48. The zero-order valence-corrected chi connectivity index (χ0v) is 12.2. The minimum atomic E-state index is -1.09. The van der Waals surface area contributed by atoms with Gasteiger partial charge in [0, 0.05) is 12.1 Å². The maximum atomic E-state index is 12.3. The topological polar surface area (TPSA) is 165 Å². The fourth-order valence-corrected chi connectivity index (χ4v) is 2.08. The zero-order valence-electron chi connectivity index (χ0n) is 12.2. The molecule has 0 atom stereocenters. The maximum absolute atomic E-state index is 12.3. The van der Waals surface area contributed by atoms with Crippen LogP contribution in [0.2, 0.25) is 0 Å². The highest BCUT2D eigenvalue weighted by Gasteiger charge is 2.35. The van der Waals surface area contributed by atoms with Crippen molar-refractivity contribution in [1.29, 1.82) is 21.2 Å². The van der Waals surface area contributed by atoms with Gasteiger partial charge in [-0.25, -0.2) is 4.79 Å². The molecule has 9 nitrogen and oxygen atoms in total. The summed E-state index contributed by atoms with van der Waals surface area (Å²) >= 11 is 0. The molecule has 25 heavy (non-hydrogen) atoms. The Bertz CT molecular complexity index is 1040. The molecule has 1 N–H and O–H groups in total. The quantitative estimate of drug-likeness (QED) is 0.290. The highest BCUT2D eigenvalue weighted by molar-refractivity contribution is 6.06. The van der Waals surface area contributed by atoms with Crippen LogP contribution in [0.4, 0.5) is 5.69 Å². The normalized spacial score (nSPS) is 12.8. The first kappa shape index (κ1) is 16.9. The number of carbonyl (C=O) groups excluding carboxylic acids is 1. The van der Waals surface area contributed by atoms with Crippen molar-refractivity contribution in [3.63, 3.8) is 0 Å². The molecule has 0 radical (unpaired) electrons. The van der Waals surface area contributed by atoms with Gasteiger partial charge in [-0.15, -0.1) is 0 Å². The lowest BCUT2D eigenvalue weighted by Crippen LogP contribution is -2.13. The summed E-state index contributed by atoms with van der Waals surface area (Å²) < 4.78 is 5.02. The van der Waals surface area contributed by atoms with Crippen molar-refractivity contribution in [3.05, 3.63) is 62.2 Å². The molecule has 0 unspecified atom stereocenters. The molecule has 0 saturated heterocycles. The van der Waals surface area contributed by atoms with Crippen LogP contribution in [-0.4, -0.2) is 16.8 Å². The number of hydrogen-bond donors (Lipinski definition) is 1. The molecule has 0 saturated carbocycles. The summed E-state index contributed by atoms with van der Waals surface area (Å²) in [6, 6.07) is 9.54. The van der Waals surface area contributed by atoms with E-state index in [4.69, 9.17) is 20.7 Å². The molecule has 0 amide bonds. The number of nitrogens with one attached hydrogen (secondary N) is 1. The highest BCUT2D eigenvalue weighted by atomic mass is 16.6. The minimum Gasteiger partial charge on any atom is -0.423 e. The molecule has 1 aromatic rings. The first-order valence-corrected chi connectivity index (χ1v) is 6.44. The number of nitrogens with zero attached hydrogens (tertiary/aromatic N) is 4. The number of benzene rings is 1. The molecule has 0 heterocycles. The molecule has 118 valence electrons. The van der Waals surface area contributed by atoms with E-state index in [-0.39, 0.29) is 33.7 Å². The largest absolute Gasteiger partial charge is 0.423 e. The number of ether oxygens (including phenoxy) is 1. The number of hydrogen-bond acceptors (Lipinski definition) is 8. The van der Waals surface area contributed by atoms with Crippen molar-refractivity contribution in [2.45, 2.75) is 0 Å². The van der Waals surface area contributed by atoms with Crippen molar-refractivity contribution in [1.82, 2.24) is 0 Å². The van der Waals surface area contributed by atoms with Crippen LogP contribution in [0.25, 0.3) is 0 Å². The fourth-order valence-electron chi connectivity index (χ4n) is 2.08. The first-order chi connectivity index (χ1) is 12.0. The first-order valence-electron chi connectivity index (χ1n) is 6.44. The van der Waals surface area contributed by atoms with E-state index in [0.29, 0.717) is 0 Å². The molecule has 0 spiro atoms. The number of carbonyl (C=O) groups is 1. The number of nitro groups is 1. The number of esters is 1. The number of non-ortho nitro benzene ring substituents is 1. The summed E-state index contributed by atoms with van der Waals surface area (Å²) in [4.78, 5) is 22.3. The van der Waals surface area contributed by atoms with E-state index < -0.39 is 16.5 Å². The van der Waals surface area contributed by atoms with E-state index >= 15 is 0 Å². The van der Waals surface area contributed by atoms with Crippen molar-refractivity contribution in [2.24, 2.45) is 0 Å². The van der Waals surface area contributed by atoms with Crippen LogP contribution in [-0.2, 0) is 4.79 Å². The lowest BCUT2D eigenvalue weighted by molar-refractivity contribution is -0.384. The van der Waals surface area contributed by atoms with E-state index in [1.807, 2.05) is 5.87 Å². The molecule has 1 aliphatic rings. The predicted octanol–water partition coefficient (Wildman–Crippen LogP) is 1.85. The summed E-state index contributed by atoms with van der Waals surface area (Å²) in [6.45, 7) is 0. The van der Waals surface area contributed by atoms with Crippen LogP contribution in [0.5, 0.6) is 5.75 Å². The van der Waals surface area contributed by atoms with Crippen molar-refractivity contribution < 1.29 is 14.5 Å². The molecule has 1 aliphatic carbocycles. The van der Waals surface area contributed by atoms with Crippen molar-refractivity contribution >= 4 is 17.5 Å². The van der Waals surface area contributed by atoms with E-state index in [0.717, 1.165) is 12.1 Å². The smallest absolute Gasteiger partial charge is 0.346 e. The van der Waals surface area contributed by atoms with Crippen LogP contribution >= 0.6 is 0 Å². The Morgan fingerprint density at radius 1 is 1.04 bits per heavy atom. The van der Waals surface area contributed by atoms with Gasteiger partial charge in [0.15, 0.2) is 0 Å². The van der Waals surface area contributed by atoms with Crippen LogP contribution in [0.15, 0.2) is 52.1 Å². The average Bonchev–Trinajstić information content (AvgIpc) is 2.94. The standard InChI is InChI=1S/C16H5N5O4/c17-5-11-12(6-18)14(8-20)15(13(11)7-19)16(22)25-10-3-1-9(2-4-10)21(23)24/h1-4,19H. The van der Waals surface area contributed by atoms with Gasteiger partial charge in [0.05, 0.1) is 32.8 Å². The predicted molar refractivity (Wildman–Crippen MR) is 80.9 cm³/mol. The molecule has 0 aliphatic heterocycles. The van der Waals surface area contributed by atoms with Gasteiger partial charge in [0.25, 0.3) is 5.69 Å². The third-order valence-corrected chi connectivity index (χ3v) is 3.17. The third kappa shape index (κ3) is 2.88. The summed E-state index contributed by atoms with van der Waals surface area (Å²) in [6.07, 6.45) is 0. The van der Waals surface area contributed by atoms with Gasteiger partial charge in [-0.3, -0.25) is 15.5 Å². The van der Waals surface area contributed by atoms with Gasteiger partial charge in [0.1, 0.15) is 24.0 Å². The molecule has 2 rings (SSSR count). The van der Waals surface area contributed by atoms with Gasteiger partial charge in [0.2, 0.25) is 0 Å². The Morgan fingerprint density at radius 3 is 2.04 bits per heavy atom. The lowest BCUT2D eigenvalue weighted by atomic mass is 10.1. The highest BCUT2D eigenvalue weighted by Crippen LogP contribution is 2.35. The van der Waals surface area contributed by atoms with Gasteiger partial charge in [-0.1, -0.05) is 0 Å². The Kier molecular flexibility index (Phi) is 4.53. The monoisotopic (exact) mass is 331 g/mol. The van der Waals surface area contributed by atoms with E-state index in [2.05, 4.69) is 0 Å². The van der Waals surface area contributed by atoms with Crippen LogP contribution < -0.4 is 4.74 Å². The van der Waals surface area contributed by atoms with Gasteiger partial charge in [-0.2, -0.15) is 15.8 Å². The van der Waals surface area contributed by atoms with Crippen LogP contribution in [0.3, 0.4) is 0 Å². The van der Waals surface area contributed by atoms with E-state index in [9.17, 15) is 20.2 Å². The number of allylic oxidation sites excluding steroid dienone is 3. The fraction of sp³-hybridized carbons (Fsp3) is 0. The summed E-state index contributed by atoms with van der Waals surface area (Å²) in [7, 11) is 0. The Labute approximate surface area is 140 Å². The van der Waals surface area contributed by atoms with Crippen molar-refractivity contribution in [2.75, 3.05) is 0 Å². The second kappa shape index (κ2) is 6.72. The lowest BCUT2D eigenvalue weighted by Gasteiger charge is -2.06. The zero-order chi connectivity index (χ0) is 18.6. The minimum absolute atomic E-state index is 0.0476. The summed E-state index contributed by atoms with van der Waals surface area (Å²) in [5.41, 5.74) is -2.00. The molecule has 0 aromatic heterocycles. The third-order valence-electron chi connectivity index (χ3n) is 3.17. The van der Waals surface area contributed by atoms with E-state index in [1.165, 1.54) is 12.1 Å². The number of nitro benzene ring substituents is 1. The van der Waals surface area contributed by atoms with Crippen molar-refractivity contribution in [3.8, 4) is 24.0 Å². The van der Waals surface area contributed by atoms with Gasteiger partial charge in [-0.05, 0) is 18.0 Å². The SMILES string of the molecule is N#CC1=C(C#N)C(C#N)=C(C(=O)Oc2ccc([N+](=O)[O-])cc2)C1=C=N. The number of rotatable bonds is 3. The molecule has 1 aromatic carbocycles.